The normalized spacial score (nSPS) is 20.2. The van der Waals surface area contributed by atoms with E-state index in [1.165, 1.54) is 23.4 Å². The topological polar surface area (TPSA) is 64.9 Å². The van der Waals surface area contributed by atoms with E-state index in [9.17, 15) is 4.39 Å². The summed E-state index contributed by atoms with van der Waals surface area (Å²) in [6, 6.07) is 4.73. The van der Waals surface area contributed by atoms with E-state index >= 15 is 0 Å². The highest BCUT2D eigenvalue weighted by atomic mass is 32.1. The van der Waals surface area contributed by atoms with Crippen LogP contribution in [0.3, 0.4) is 0 Å². The van der Waals surface area contributed by atoms with E-state index in [-0.39, 0.29) is 12.4 Å². The Kier molecular flexibility index (Phi) is 4.94. The van der Waals surface area contributed by atoms with Crippen LogP contribution in [-0.4, -0.2) is 32.8 Å². The third-order valence-electron chi connectivity index (χ3n) is 4.65. The van der Waals surface area contributed by atoms with Gasteiger partial charge < -0.3 is 10.1 Å². The van der Waals surface area contributed by atoms with Crippen LogP contribution in [0.15, 0.2) is 36.2 Å². The van der Waals surface area contributed by atoms with Crippen molar-refractivity contribution in [3.05, 3.63) is 52.8 Å². The summed E-state index contributed by atoms with van der Waals surface area (Å²) in [4.78, 5) is 8.57. The summed E-state index contributed by atoms with van der Waals surface area (Å²) in [5.41, 5.74) is 1.44. The smallest absolute Gasteiger partial charge is 0.167 e. The molecule has 0 spiro atoms. The fourth-order valence-electron chi connectivity index (χ4n) is 3.18. The second-order valence-corrected chi connectivity index (χ2v) is 7.39. The number of hydrogen-bond donors (Lipinski definition) is 1. The second-order valence-electron chi connectivity index (χ2n) is 6.50. The lowest BCUT2D eigenvalue weighted by Gasteiger charge is -2.27. The fourth-order valence-corrected chi connectivity index (χ4v) is 4.26. The lowest BCUT2D eigenvalue weighted by molar-refractivity contribution is 0.285. The molecular formula is C18H20FN5OS. The molecule has 0 unspecified atom stereocenters. The summed E-state index contributed by atoms with van der Waals surface area (Å²) in [7, 11) is 0. The van der Waals surface area contributed by atoms with Crippen molar-refractivity contribution in [3.8, 4) is 11.4 Å². The standard InChI is InChI=1S/C18H20FN5OS/c1-12-7-20-5-4-15(12)18-23-13(9-26-18)8-25-17-3-2-14(6-16(17)19)24-11-21-10-22-24/h2-3,6,9-12,15,20H,4-5,7-8H2,1H3/t12-,15+/m0/s1. The molecule has 0 amide bonds. The summed E-state index contributed by atoms with van der Waals surface area (Å²) in [6.45, 7) is 4.57. The first-order valence-electron chi connectivity index (χ1n) is 8.63. The van der Waals surface area contributed by atoms with E-state index in [4.69, 9.17) is 9.72 Å². The van der Waals surface area contributed by atoms with Gasteiger partial charge in [0.1, 0.15) is 19.3 Å². The molecule has 4 rings (SSSR count). The minimum Gasteiger partial charge on any atom is -0.484 e. The number of benzene rings is 1. The maximum Gasteiger partial charge on any atom is 0.167 e. The Morgan fingerprint density at radius 3 is 3.12 bits per heavy atom. The van der Waals surface area contributed by atoms with Gasteiger partial charge in [0.05, 0.1) is 16.4 Å². The largest absolute Gasteiger partial charge is 0.484 e. The number of aromatic nitrogens is 4. The van der Waals surface area contributed by atoms with Crippen LogP contribution in [0, 0.1) is 11.7 Å². The van der Waals surface area contributed by atoms with E-state index in [1.54, 1.807) is 23.5 Å². The molecule has 3 aromatic rings. The SMILES string of the molecule is C[C@H]1CNCC[C@H]1c1nc(COc2ccc(-n3cncn3)cc2F)cs1. The second kappa shape index (κ2) is 7.51. The Balaban J connectivity index is 1.41. The van der Waals surface area contributed by atoms with Crippen LogP contribution in [-0.2, 0) is 6.61 Å². The molecule has 1 aliphatic heterocycles. The number of thiazole rings is 1. The van der Waals surface area contributed by atoms with Gasteiger partial charge in [0.25, 0.3) is 0 Å². The van der Waals surface area contributed by atoms with E-state index in [0.29, 0.717) is 17.5 Å². The van der Waals surface area contributed by atoms with Crippen molar-refractivity contribution >= 4 is 11.3 Å². The van der Waals surface area contributed by atoms with Gasteiger partial charge >= 0.3 is 0 Å². The highest BCUT2D eigenvalue weighted by Gasteiger charge is 2.25. The molecule has 1 saturated heterocycles. The van der Waals surface area contributed by atoms with Crippen molar-refractivity contribution in [1.82, 2.24) is 25.1 Å². The van der Waals surface area contributed by atoms with Gasteiger partial charge in [-0.1, -0.05) is 6.92 Å². The van der Waals surface area contributed by atoms with Crippen LogP contribution in [0.4, 0.5) is 4.39 Å². The zero-order chi connectivity index (χ0) is 17.9. The molecule has 0 saturated carbocycles. The number of rotatable bonds is 5. The molecule has 0 radical (unpaired) electrons. The Morgan fingerprint density at radius 1 is 1.42 bits per heavy atom. The first-order chi connectivity index (χ1) is 12.7. The number of nitrogens with one attached hydrogen (secondary N) is 1. The minimum atomic E-state index is -0.430. The highest BCUT2D eigenvalue weighted by Crippen LogP contribution is 2.32. The monoisotopic (exact) mass is 373 g/mol. The Morgan fingerprint density at radius 2 is 2.35 bits per heavy atom. The first kappa shape index (κ1) is 17.1. The molecule has 26 heavy (non-hydrogen) atoms. The molecule has 0 aliphatic carbocycles. The molecule has 1 N–H and O–H groups in total. The van der Waals surface area contributed by atoms with Gasteiger partial charge in [-0.3, -0.25) is 0 Å². The van der Waals surface area contributed by atoms with Crippen molar-refractivity contribution in [1.29, 1.82) is 0 Å². The van der Waals surface area contributed by atoms with Crippen molar-refractivity contribution in [2.24, 2.45) is 5.92 Å². The molecule has 2 aromatic heterocycles. The van der Waals surface area contributed by atoms with Crippen LogP contribution >= 0.6 is 11.3 Å². The van der Waals surface area contributed by atoms with E-state index < -0.39 is 5.82 Å². The number of piperidine rings is 1. The predicted octanol–water partition coefficient (Wildman–Crippen LogP) is 3.15. The molecular weight excluding hydrogens is 353 g/mol. The lowest BCUT2D eigenvalue weighted by atomic mass is 9.88. The van der Waals surface area contributed by atoms with Crippen LogP contribution in [0.1, 0.15) is 30.0 Å². The van der Waals surface area contributed by atoms with Gasteiger partial charge in [-0.2, -0.15) is 5.10 Å². The van der Waals surface area contributed by atoms with Crippen LogP contribution < -0.4 is 10.1 Å². The Hall–Kier alpha value is -2.32. The number of hydrogen-bond acceptors (Lipinski definition) is 6. The van der Waals surface area contributed by atoms with Crippen LogP contribution in [0.5, 0.6) is 5.75 Å². The zero-order valence-corrected chi connectivity index (χ0v) is 15.2. The van der Waals surface area contributed by atoms with Gasteiger partial charge in [-0.25, -0.2) is 19.0 Å². The summed E-state index contributed by atoms with van der Waals surface area (Å²) >= 11 is 1.67. The fraction of sp³-hybridized carbons (Fsp3) is 0.389. The third kappa shape index (κ3) is 3.61. The molecule has 136 valence electrons. The van der Waals surface area contributed by atoms with Gasteiger partial charge in [-0.05, 0) is 37.6 Å². The number of nitrogens with zero attached hydrogens (tertiary/aromatic N) is 4. The van der Waals surface area contributed by atoms with E-state index in [2.05, 4.69) is 22.3 Å². The summed E-state index contributed by atoms with van der Waals surface area (Å²) in [5, 5.41) is 10.6. The summed E-state index contributed by atoms with van der Waals surface area (Å²) < 4.78 is 21.4. The third-order valence-corrected chi connectivity index (χ3v) is 5.67. The van der Waals surface area contributed by atoms with Gasteiger partial charge in [0.15, 0.2) is 11.6 Å². The Labute approximate surface area is 155 Å². The molecule has 2 atom stereocenters. The maximum atomic E-state index is 14.3. The molecule has 3 heterocycles. The number of halogens is 1. The van der Waals surface area contributed by atoms with E-state index in [1.807, 2.05) is 5.38 Å². The first-order valence-corrected chi connectivity index (χ1v) is 9.51. The molecule has 8 heteroatoms. The average Bonchev–Trinajstić information content (AvgIpc) is 3.33. The molecule has 0 bridgehead atoms. The predicted molar refractivity (Wildman–Crippen MR) is 97.2 cm³/mol. The molecule has 1 aromatic carbocycles. The van der Waals surface area contributed by atoms with Gasteiger partial charge in [-0.15, -0.1) is 11.3 Å². The van der Waals surface area contributed by atoms with Gasteiger partial charge in [0, 0.05) is 17.4 Å². The molecule has 1 aliphatic rings. The molecule has 1 fully saturated rings. The van der Waals surface area contributed by atoms with Crippen molar-refractivity contribution in [2.75, 3.05) is 13.1 Å². The van der Waals surface area contributed by atoms with Gasteiger partial charge in [0.2, 0.25) is 0 Å². The average molecular weight is 373 g/mol. The van der Waals surface area contributed by atoms with E-state index in [0.717, 1.165) is 30.2 Å². The van der Waals surface area contributed by atoms with Crippen LogP contribution in [0.25, 0.3) is 5.69 Å². The Bertz CT molecular complexity index is 866. The van der Waals surface area contributed by atoms with Crippen LogP contribution in [0.2, 0.25) is 0 Å². The zero-order valence-electron chi connectivity index (χ0n) is 14.4. The summed E-state index contributed by atoms with van der Waals surface area (Å²) in [5.74, 6) is 0.846. The van der Waals surface area contributed by atoms with Crippen molar-refractivity contribution in [3.63, 3.8) is 0 Å². The lowest BCUT2D eigenvalue weighted by Crippen LogP contribution is -2.33. The highest BCUT2D eigenvalue weighted by molar-refractivity contribution is 7.09. The summed E-state index contributed by atoms with van der Waals surface area (Å²) in [6.07, 6.45) is 4.03. The maximum absolute atomic E-state index is 14.3. The molecule has 6 nitrogen and oxygen atoms in total. The minimum absolute atomic E-state index is 0.207. The van der Waals surface area contributed by atoms with Crippen molar-refractivity contribution in [2.45, 2.75) is 25.9 Å². The quantitative estimate of drug-likeness (QED) is 0.744. The number of ether oxygens (including phenoxy) is 1. The van der Waals surface area contributed by atoms with Crippen molar-refractivity contribution < 1.29 is 9.13 Å².